The van der Waals surface area contributed by atoms with Crippen LogP contribution in [0.5, 0.6) is 0 Å². The summed E-state index contributed by atoms with van der Waals surface area (Å²) < 4.78 is 11.5. The Hall–Kier alpha value is -1.83. The molecular weight excluding hydrogens is 326 g/mol. The van der Waals surface area contributed by atoms with E-state index in [2.05, 4.69) is 15.3 Å². The number of hydrogen-bond acceptors (Lipinski definition) is 6. The third-order valence-corrected chi connectivity index (χ3v) is 4.64. The number of pyridine rings is 1. The molecule has 3 rings (SSSR count). The molecule has 2 aromatic rings. The number of nitrogens with zero attached hydrogens (tertiary/aromatic N) is 2. The van der Waals surface area contributed by atoms with Gasteiger partial charge < -0.3 is 14.8 Å². The molecule has 0 spiro atoms. The number of hydrogen-bond donors (Lipinski definition) is 1. The Labute approximate surface area is 145 Å². The molecule has 128 valence electrons. The van der Waals surface area contributed by atoms with E-state index in [4.69, 9.17) is 9.47 Å². The van der Waals surface area contributed by atoms with Gasteiger partial charge >= 0.3 is 0 Å². The van der Waals surface area contributed by atoms with Gasteiger partial charge in [0.15, 0.2) is 0 Å². The normalized spacial score (nSPS) is 20.7. The van der Waals surface area contributed by atoms with Crippen LogP contribution in [0.15, 0.2) is 29.8 Å². The molecule has 1 aliphatic heterocycles. The number of rotatable bonds is 6. The van der Waals surface area contributed by atoms with Gasteiger partial charge in [-0.15, -0.1) is 11.3 Å². The van der Waals surface area contributed by atoms with E-state index < -0.39 is 0 Å². The lowest BCUT2D eigenvalue weighted by molar-refractivity contribution is -0.126. The first kappa shape index (κ1) is 17.0. The van der Waals surface area contributed by atoms with E-state index in [1.165, 1.54) is 0 Å². The van der Waals surface area contributed by atoms with Gasteiger partial charge in [0.25, 0.3) is 0 Å². The summed E-state index contributed by atoms with van der Waals surface area (Å²) in [4.78, 5) is 20.8. The minimum absolute atomic E-state index is 0.0535. The van der Waals surface area contributed by atoms with Crippen molar-refractivity contribution in [3.05, 3.63) is 46.2 Å². The molecule has 2 atom stereocenters. The van der Waals surface area contributed by atoms with E-state index in [0.717, 1.165) is 22.8 Å². The lowest BCUT2D eigenvalue weighted by atomic mass is 10.1. The fourth-order valence-electron chi connectivity index (χ4n) is 2.64. The molecule has 0 bridgehead atoms. The van der Waals surface area contributed by atoms with E-state index >= 15 is 0 Å². The minimum atomic E-state index is -0.144. The van der Waals surface area contributed by atoms with Gasteiger partial charge in [0.2, 0.25) is 5.91 Å². The molecule has 0 aliphatic carbocycles. The summed E-state index contributed by atoms with van der Waals surface area (Å²) in [5, 5.41) is 5.90. The molecule has 3 heterocycles. The van der Waals surface area contributed by atoms with Gasteiger partial charge in [-0.3, -0.25) is 9.78 Å². The molecule has 1 aliphatic rings. The Bertz CT molecular complexity index is 662. The molecule has 24 heavy (non-hydrogen) atoms. The van der Waals surface area contributed by atoms with Gasteiger partial charge in [0.05, 0.1) is 48.2 Å². The first-order valence-electron chi connectivity index (χ1n) is 8.00. The number of amides is 1. The van der Waals surface area contributed by atoms with E-state index in [1.807, 2.05) is 30.5 Å². The summed E-state index contributed by atoms with van der Waals surface area (Å²) in [6.45, 7) is 3.48. The number of carbonyl (C=O) groups is 1. The maximum atomic E-state index is 12.2. The molecule has 1 saturated heterocycles. The summed E-state index contributed by atoms with van der Waals surface area (Å²) in [5.74, 6) is -0.0535. The highest BCUT2D eigenvalue weighted by Crippen LogP contribution is 2.15. The monoisotopic (exact) mass is 347 g/mol. The molecule has 2 aromatic heterocycles. The Morgan fingerprint density at radius 2 is 2.38 bits per heavy atom. The van der Waals surface area contributed by atoms with Crippen LogP contribution in [0.4, 0.5) is 0 Å². The lowest BCUT2D eigenvalue weighted by Gasteiger charge is -2.32. The van der Waals surface area contributed by atoms with Crippen molar-refractivity contribution in [2.45, 2.75) is 38.5 Å². The molecule has 0 radical (unpaired) electrons. The zero-order chi connectivity index (χ0) is 16.8. The summed E-state index contributed by atoms with van der Waals surface area (Å²) in [5.41, 5.74) is 1.68. The maximum absolute atomic E-state index is 12.2. The molecule has 1 fully saturated rings. The average Bonchev–Trinajstić information content (AvgIpc) is 3.00. The standard InChI is InChI=1S/C17H21N3O3S/c1-12-19-14(11-24-12)8-17(21)20-15-10-22-7-5-16(15)23-9-13-4-2-3-6-18-13/h2-4,6,11,15-16H,5,7-10H2,1H3,(H,20,21)/t15-,16-/m0/s1. The van der Waals surface area contributed by atoms with Crippen LogP contribution in [0.25, 0.3) is 0 Å². The molecule has 7 heteroatoms. The number of thiazole rings is 1. The van der Waals surface area contributed by atoms with E-state index in [-0.39, 0.29) is 24.5 Å². The Kier molecular flexibility index (Phi) is 5.90. The summed E-state index contributed by atoms with van der Waals surface area (Å²) in [7, 11) is 0. The van der Waals surface area contributed by atoms with Crippen molar-refractivity contribution in [2.75, 3.05) is 13.2 Å². The predicted molar refractivity (Wildman–Crippen MR) is 90.7 cm³/mol. The predicted octanol–water partition coefficient (Wildman–Crippen LogP) is 1.88. The van der Waals surface area contributed by atoms with E-state index in [9.17, 15) is 4.79 Å². The Balaban J connectivity index is 1.52. The fraction of sp³-hybridized carbons (Fsp3) is 0.471. The lowest BCUT2D eigenvalue weighted by Crippen LogP contribution is -2.50. The van der Waals surface area contributed by atoms with Crippen molar-refractivity contribution >= 4 is 17.2 Å². The van der Waals surface area contributed by atoms with Crippen molar-refractivity contribution in [2.24, 2.45) is 0 Å². The van der Waals surface area contributed by atoms with Gasteiger partial charge in [-0.25, -0.2) is 4.98 Å². The largest absolute Gasteiger partial charge is 0.379 e. The van der Waals surface area contributed by atoms with Crippen LogP contribution < -0.4 is 5.32 Å². The van der Waals surface area contributed by atoms with Gasteiger partial charge in [-0.1, -0.05) is 6.07 Å². The molecule has 0 saturated carbocycles. The van der Waals surface area contributed by atoms with Gasteiger partial charge in [0.1, 0.15) is 0 Å². The Morgan fingerprint density at radius 1 is 1.46 bits per heavy atom. The molecule has 1 N–H and O–H groups in total. The highest BCUT2D eigenvalue weighted by molar-refractivity contribution is 7.09. The fourth-order valence-corrected chi connectivity index (χ4v) is 3.25. The minimum Gasteiger partial charge on any atom is -0.379 e. The second kappa shape index (κ2) is 8.32. The number of aryl methyl sites for hydroxylation is 1. The number of carbonyl (C=O) groups excluding carboxylic acids is 1. The van der Waals surface area contributed by atoms with Crippen molar-refractivity contribution in [3.8, 4) is 0 Å². The van der Waals surface area contributed by atoms with Gasteiger partial charge in [-0.2, -0.15) is 0 Å². The zero-order valence-electron chi connectivity index (χ0n) is 13.6. The molecule has 6 nitrogen and oxygen atoms in total. The van der Waals surface area contributed by atoms with Crippen molar-refractivity contribution in [1.82, 2.24) is 15.3 Å². The van der Waals surface area contributed by atoms with Crippen LogP contribution in [0.3, 0.4) is 0 Å². The molecular formula is C17H21N3O3S. The second-order valence-corrected chi connectivity index (χ2v) is 6.80. The van der Waals surface area contributed by atoms with Crippen LogP contribution in [0.1, 0.15) is 22.8 Å². The third kappa shape index (κ3) is 4.83. The first-order valence-corrected chi connectivity index (χ1v) is 8.88. The average molecular weight is 347 g/mol. The number of aromatic nitrogens is 2. The van der Waals surface area contributed by atoms with Crippen LogP contribution in [-0.4, -0.2) is 41.2 Å². The SMILES string of the molecule is Cc1nc(CC(=O)N[C@H]2COCC[C@@H]2OCc2ccccn2)cs1. The highest BCUT2D eigenvalue weighted by atomic mass is 32.1. The topological polar surface area (TPSA) is 73.3 Å². The van der Waals surface area contributed by atoms with Gasteiger partial charge in [0, 0.05) is 18.2 Å². The Morgan fingerprint density at radius 3 is 3.12 bits per heavy atom. The van der Waals surface area contributed by atoms with E-state index in [0.29, 0.717) is 19.8 Å². The summed E-state index contributed by atoms with van der Waals surface area (Å²) >= 11 is 1.55. The maximum Gasteiger partial charge on any atom is 0.226 e. The number of nitrogens with one attached hydrogen (secondary N) is 1. The quantitative estimate of drug-likeness (QED) is 0.864. The summed E-state index contributed by atoms with van der Waals surface area (Å²) in [6, 6.07) is 5.60. The van der Waals surface area contributed by atoms with Crippen LogP contribution in [0.2, 0.25) is 0 Å². The summed E-state index contributed by atoms with van der Waals surface area (Å²) in [6.07, 6.45) is 2.72. The second-order valence-electron chi connectivity index (χ2n) is 5.74. The van der Waals surface area contributed by atoms with Crippen molar-refractivity contribution in [3.63, 3.8) is 0 Å². The molecule has 0 unspecified atom stereocenters. The van der Waals surface area contributed by atoms with Crippen LogP contribution in [-0.2, 0) is 27.3 Å². The van der Waals surface area contributed by atoms with Crippen molar-refractivity contribution < 1.29 is 14.3 Å². The van der Waals surface area contributed by atoms with Crippen LogP contribution >= 0.6 is 11.3 Å². The van der Waals surface area contributed by atoms with Crippen LogP contribution in [0, 0.1) is 6.92 Å². The number of ether oxygens (including phenoxy) is 2. The highest BCUT2D eigenvalue weighted by Gasteiger charge is 2.28. The zero-order valence-corrected chi connectivity index (χ0v) is 14.4. The molecule has 0 aromatic carbocycles. The smallest absolute Gasteiger partial charge is 0.226 e. The van der Waals surface area contributed by atoms with E-state index in [1.54, 1.807) is 17.5 Å². The third-order valence-electron chi connectivity index (χ3n) is 3.82. The van der Waals surface area contributed by atoms with Crippen molar-refractivity contribution in [1.29, 1.82) is 0 Å². The molecule has 1 amide bonds. The van der Waals surface area contributed by atoms with Gasteiger partial charge in [-0.05, 0) is 25.5 Å². The first-order chi connectivity index (χ1) is 11.7.